The molecule has 0 amide bonds. The van der Waals surface area contributed by atoms with Crippen molar-refractivity contribution in [3.63, 3.8) is 0 Å². The number of benzene rings is 1. The zero-order chi connectivity index (χ0) is 21.2. The van der Waals surface area contributed by atoms with Gasteiger partial charge in [0.2, 0.25) is 0 Å². The van der Waals surface area contributed by atoms with E-state index in [1.165, 1.54) is 0 Å². The van der Waals surface area contributed by atoms with Gasteiger partial charge < -0.3 is 20.3 Å². The summed E-state index contributed by atoms with van der Waals surface area (Å²) in [4.78, 5) is 9.88. The molecule has 0 aliphatic carbocycles. The molecule has 1 aliphatic heterocycles. The summed E-state index contributed by atoms with van der Waals surface area (Å²) in [6.45, 7) is 13.6. The minimum atomic E-state index is 0. The number of hydrogen-bond acceptors (Lipinski definition) is 4. The molecule has 1 atom stereocenters. The van der Waals surface area contributed by atoms with Crippen molar-refractivity contribution in [2.75, 3.05) is 60.0 Å². The Morgan fingerprint density at radius 1 is 1.20 bits per heavy atom. The standard InChI is InChI=1S/C22H38ClN5O.HI/c1-6-24-22(25-10-9-18-7-8-19(29-5)15-20(18)23)26-16-21(17(2)3)28-13-11-27(4)12-14-28;/h7-8,15,17,21H,6,9-14,16H2,1-5H3,(H2,24,25,26);1H. The van der Waals surface area contributed by atoms with Crippen LogP contribution in [0.5, 0.6) is 5.75 Å². The number of likely N-dealkylation sites (N-methyl/N-ethyl adjacent to an activating group) is 1. The van der Waals surface area contributed by atoms with Crippen LogP contribution in [0.4, 0.5) is 0 Å². The second-order valence-electron chi connectivity index (χ2n) is 8.00. The van der Waals surface area contributed by atoms with E-state index in [0.29, 0.717) is 12.0 Å². The number of guanidine groups is 1. The first-order valence-corrected chi connectivity index (χ1v) is 11.1. The zero-order valence-corrected chi connectivity index (χ0v) is 22.2. The summed E-state index contributed by atoms with van der Waals surface area (Å²) in [5.74, 6) is 2.23. The Labute approximate surface area is 204 Å². The van der Waals surface area contributed by atoms with Gasteiger partial charge in [0.1, 0.15) is 5.75 Å². The van der Waals surface area contributed by atoms with E-state index in [4.69, 9.17) is 21.3 Å². The molecule has 1 heterocycles. The van der Waals surface area contributed by atoms with Crippen LogP contribution in [0, 0.1) is 5.92 Å². The highest BCUT2D eigenvalue weighted by atomic mass is 127. The molecule has 1 aliphatic rings. The Hall–Kier alpha value is -0.770. The molecule has 30 heavy (non-hydrogen) atoms. The average molecular weight is 552 g/mol. The van der Waals surface area contributed by atoms with E-state index in [1.54, 1.807) is 7.11 Å². The van der Waals surface area contributed by atoms with Crippen LogP contribution in [-0.2, 0) is 6.42 Å². The first kappa shape index (κ1) is 27.3. The van der Waals surface area contributed by atoms with Gasteiger partial charge in [-0.2, -0.15) is 0 Å². The normalized spacial score (nSPS) is 16.8. The van der Waals surface area contributed by atoms with Gasteiger partial charge in [0.05, 0.1) is 13.7 Å². The molecule has 8 heteroatoms. The Bertz CT molecular complexity index is 650. The molecule has 172 valence electrons. The fourth-order valence-electron chi connectivity index (χ4n) is 3.60. The number of rotatable bonds is 9. The fraction of sp³-hybridized carbons (Fsp3) is 0.682. The second kappa shape index (κ2) is 14.3. The van der Waals surface area contributed by atoms with Crippen molar-refractivity contribution >= 4 is 41.5 Å². The highest BCUT2D eigenvalue weighted by Crippen LogP contribution is 2.22. The Morgan fingerprint density at radius 3 is 2.47 bits per heavy atom. The van der Waals surface area contributed by atoms with Gasteiger partial charge in [-0.25, -0.2) is 0 Å². The summed E-state index contributed by atoms with van der Waals surface area (Å²) in [6, 6.07) is 6.30. The van der Waals surface area contributed by atoms with Crippen molar-refractivity contribution in [3.05, 3.63) is 28.8 Å². The maximum absolute atomic E-state index is 6.36. The quantitative estimate of drug-likeness (QED) is 0.280. The maximum Gasteiger partial charge on any atom is 0.191 e. The van der Waals surface area contributed by atoms with Crippen molar-refractivity contribution in [3.8, 4) is 5.75 Å². The molecule has 0 spiro atoms. The van der Waals surface area contributed by atoms with Crippen LogP contribution in [0.15, 0.2) is 23.2 Å². The number of piperazine rings is 1. The van der Waals surface area contributed by atoms with Crippen molar-refractivity contribution < 1.29 is 4.74 Å². The molecule has 2 rings (SSSR count). The van der Waals surface area contributed by atoms with Crippen LogP contribution in [0.3, 0.4) is 0 Å². The SMILES string of the molecule is CCNC(=NCC(C(C)C)N1CCN(C)CC1)NCCc1ccc(OC)cc1Cl.I. The lowest BCUT2D eigenvalue weighted by molar-refractivity contribution is 0.0925. The second-order valence-corrected chi connectivity index (χ2v) is 8.41. The fourth-order valence-corrected chi connectivity index (χ4v) is 3.87. The van der Waals surface area contributed by atoms with Gasteiger partial charge >= 0.3 is 0 Å². The topological polar surface area (TPSA) is 52.1 Å². The number of methoxy groups -OCH3 is 1. The summed E-state index contributed by atoms with van der Waals surface area (Å²) < 4.78 is 5.22. The third-order valence-electron chi connectivity index (χ3n) is 5.50. The van der Waals surface area contributed by atoms with Gasteiger partial charge in [-0.1, -0.05) is 31.5 Å². The largest absolute Gasteiger partial charge is 0.497 e. The van der Waals surface area contributed by atoms with Crippen molar-refractivity contribution in [1.82, 2.24) is 20.4 Å². The summed E-state index contributed by atoms with van der Waals surface area (Å²) in [7, 11) is 3.85. The predicted octanol–water partition coefficient (Wildman–Crippen LogP) is 3.34. The molecule has 0 aromatic heterocycles. The average Bonchev–Trinajstić information content (AvgIpc) is 2.70. The van der Waals surface area contributed by atoms with Crippen LogP contribution < -0.4 is 15.4 Å². The van der Waals surface area contributed by atoms with Crippen molar-refractivity contribution in [2.45, 2.75) is 33.2 Å². The molecule has 2 N–H and O–H groups in total. The highest BCUT2D eigenvalue weighted by molar-refractivity contribution is 14.0. The molecule has 1 fully saturated rings. The van der Waals surface area contributed by atoms with Gasteiger partial charge in [0.15, 0.2) is 5.96 Å². The van der Waals surface area contributed by atoms with E-state index in [1.807, 2.05) is 18.2 Å². The lowest BCUT2D eigenvalue weighted by atomic mass is 10.0. The monoisotopic (exact) mass is 551 g/mol. The van der Waals surface area contributed by atoms with E-state index >= 15 is 0 Å². The molecule has 1 aromatic rings. The number of nitrogens with one attached hydrogen (secondary N) is 2. The molecular weight excluding hydrogens is 513 g/mol. The van der Waals surface area contributed by atoms with E-state index in [2.05, 4.69) is 48.3 Å². The molecule has 0 bridgehead atoms. The van der Waals surface area contributed by atoms with E-state index in [-0.39, 0.29) is 24.0 Å². The molecule has 6 nitrogen and oxygen atoms in total. The smallest absolute Gasteiger partial charge is 0.191 e. The maximum atomic E-state index is 6.36. The lowest BCUT2D eigenvalue weighted by Crippen LogP contribution is -2.52. The van der Waals surface area contributed by atoms with Crippen molar-refractivity contribution in [1.29, 1.82) is 0 Å². The zero-order valence-electron chi connectivity index (χ0n) is 19.1. The Morgan fingerprint density at radius 2 is 1.90 bits per heavy atom. The van der Waals surface area contributed by atoms with E-state index in [9.17, 15) is 0 Å². The minimum absolute atomic E-state index is 0. The summed E-state index contributed by atoms with van der Waals surface area (Å²) in [5, 5.41) is 7.56. The Kier molecular flexibility index (Phi) is 13.0. The number of aliphatic imine (C=N–C) groups is 1. The third-order valence-corrected chi connectivity index (χ3v) is 5.86. The van der Waals surface area contributed by atoms with Gasteiger partial charge in [0, 0.05) is 50.3 Å². The first-order valence-electron chi connectivity index (χ1n) is 10.7. The van der Waals surface area contributed by atoms with Gasteiger partial charge in [-0.05, 0) is 44.0 Å². The van der Waals surface area contributed by atoms with E-state index in [0.717, 1.165) is 74.5 Å². The minimum Gasteiger partial charge on any atom is -0.497 e. The molecular formula is C22H39ClIN5O. The first-order chi connectivity index (χ1) is 13.9. The molecule has 1 unspecified atom stereocenters. The van der Waals surface area contributed by atoms with Crippen LogP contribution in [0.1, 0.15) is 26.3 Å². The molecule has 1 saturated heterocycles. The molecule has 0 saturated carbocycles. The highest BCUT2D eigenvalue weighted by Gasteiger charge is 2.24. The van der Waals surface area contributed by atoms with Crippen molar-refractivity contribution in [2.24, 2.45) is 10.9 Å². The molecule has 1 aromatic carbocycles. The number of nitrogens with zero attached hydrogens (tertiary/aromatic N) is 3. The number of hydrogen-bond donors (Lipinski definition) is 2. The van der Waals surface area contributed by atoms with Crippen LogP contribution in [0.25, 0.3) is 0 Å². The predicted molar refractivity (Wildman–Crippen MR) is 139 cm³/mol. The van der Waals surface area contributed by atoms with Crippen LogP contribution in [0.2, 0.25) is 5.02 Å². The van der Waals surface area contributed by atoms with Crippen LogP contribution in [-0.4, -0.2) is 81.8 Å². The van der Waals surface area contributed by atoms with Gasteiger partial charge in [-0.15, -0.1) is 24.0 Å². The van der Waals surface area contributed by atoms with Gasteiger partial charge in [0.25, 0.3) is 0 Å². The van der Waals surface area contributed by atoms with Crippen LogP contribution >= 0.6 is 35.6 Å². The number of halogens is 2. The van der Waals surface area contributed by atoms with Gasteiger partial charge in [-0.3, -0.25) is 9.89 Å². The summed E-state index contributed by atoms with van der Waals surface area (Å²) >= 11 is 6.36. The molecule has 0 radical (unpaired) electrons. The Balaban J connectivity index is 0.00000450. The third kappa shape index (κ3) is 8.77. The van der Waals surface area contributed by atoms with E-state index < -0.39 is 0 Å². The summed E-state index contributed by atoms with van der Waals surface area (Å²) in [5.41, 5.74) is 1.10. The number of ether oxygens (including phenoxy) is 1. The summed E-state index contributed by atoms with van der Waals surface area (Å²) in [6.07, 6.45) is 0.833. The lowest BCUT2D eigenvalue weighted by Gasteiger charge is -2.39.